The number of rotatable bonds is 2. The van der Waals surface area contributed by atoms with Gasteiger partial charge in [0, 0.05) is 7.05 Å². The molecule has 0 saturated carbocycles. The molecule has 1 N–H and O–H groups in total. The Balaban J connectivity index is 2.41. The molecular weight excluding hydrogens is 220 g/mol. The SMILES string of the molecule is Cn1ncc(Cl)c1C(O)c1ccsc1. The van der Waals surface area contributed by atoms with Crippen molar-refractivity contribution in [3.8, 4) is 0 Å². The molecule has 2 heterocycles. The molecule has 0 radical (unpaired) electrons. The van der Waals surface area contributed by atoms with E-state index in [9.17, 15) is 5.11 Å². The number of nitrogens with zero attached hydrogens (tertiary/aromatic N) is 2. The van der Waals surface area contributed by atoms with E-state index < -0.39 is 6.10 Å². The van der Waals surface area contributed by atoms with Crippen molar-refractivity contribution in [2.45, 2.75) is 6.10 Å². The van der Waals surface area contributed by atoms with Crippen LogP contribution in [-0.4, -0.2) is 14.9 Å². The van der Waals surface area contributed by atoms with Gasteiger partial charge in [-0.3, -0.25) is 4.68 Å². The van der Waals surface area contributed by atoms with Crippen molar-refractivity contribution in [3.05, 3.63) is 39.3 Å². The van der Waals surface area contributed by atoms with Gasteiger partial charge in [0.1, 0.15) is 6.10 Å². The summed E-state index contributed by atoms with van der Waals surface area (Å²) in [5, 5.41) is 18.3. The van der Waals surface area contributed by atoms with Gasteiger partial charge in [0.2, 0.25) is 0 Å². The Morgan fingerprint density at radius 3 is 2.93 bits per heavy atom. The lowest BCUT2D eigenvalue weighted by molar-refractivity contribution is 0.210. The van der Waals surface area contributed by atoms with Crippen molar-refractivity contribution >= 4 is 22.9 Å². The lowest BCUT2D eigenvalue weighted by atomic mass is 10.1. The van der Waals surface area contributed by atoms with Gasteiger partial charge in [-0.05, 0) is 22.4 Å². The topological polar surface area (TPSA) is 38.0 Å². The van der Waals surface area contributed by atoms with Gasteiger partial charge in [-0.1, -0.05) is 11.6 Å². The van der Waals surface area contributed by atoms with Gasteiger partial charge in [0.15, 0.2) is 0 Å². The van der Waals surface area contributed by atoms with E-state index in [1.807, 2.05) is 16.8 Å². The molecule has 0 saturated heterocycles. The van der Waals surface area contributed by atoms with E-state index in [4.69, 9.17) is 11.6 Å². The molecule has 5 heteroatoms. The first-order valence-electron chi connectivity index (χ1n) is 4.07. The van der Waals surface area contributed by atoms with Gasteiger partial charge in [-0.25, -0.2) is 0 Å². The highest BCUT2D eigenvalue weighted by Gasteiger charge is 2.18. The van der Waals surface area contributed by atoms with Gasteiger partial charge in [0.25, 0.3) is 0 Å². The van der Waals surface area contributed by atoms with Crippen LogP contribution >= 0.6 is 22.9 Å². The highest BCUT2D eigenvalue weighted by atomic mass is 35.5. The van der Waals surface area contributed by atoms with E-state index in [1.165, 1.54) is 6.20 Å². The highest BCUT2D eigenvalue weighted by molar-refractivity contribution is 7.07. The van der Waals surface area contributed by atoms with Crippen LogP contribution in [0.25, 0.3) is 0 Å². The second-order valence-electron chi connectivity index (χ2n) is 2.96. The summed E-state index contributed by atoms with van der Waals surface area (Å²) in [6.07, 6.45) is 0.841. The Kier molecular flexibility index (Phi) is 2.58. The van der Waals surface area contributed by atoms with E-state index in [0.717, 1.165) is 5.56 Å². The summed E-state index contributed by atoms with van der Waals surface area (Å²) in [4.78, 5) is 0. The fraction of sp³-hybridized carbons (Fsp3) is 0.222. The molecule has 0 aliphatic heterocycles. The van der Waals surface area contributed by atoms with Gasteiger partial charge >= 0.3 is 0 Å². The molecule has 74 valence electrons. The molecule has 0 fully saturated rings. The van der Waals surface area contributed by atoms with Crippen LogP contribution in [-0.2, 0) is 7.05 Å². The predicted octanol–water partition coefficient (Wildman–Crippen LogP) is 2.22. The van der Waals surface area contributed by atoms with Gasteiger partial charge in [-0.2, -0.15) is 16.4 Å². The lowest BCUT2D eigenvalue weighted by Crippen LogP contribution is -2.06. The first-order valence-corrected chi connectivity index (χ1v) is 5.40. The maximum absolute atomic E-state index is 9.99. The van der Waals surface area contributed by atoms with E-state index in [1.54, 1.807) is 23.1 Å². The zero-order chi connectivity index (χ0) is 10.1. The van der Waals surface area contributed by atoms with Crippen molar-refractivity contribution in [2.75, 3.05) is 0 Å². The second kappa shape index (κ2) is 3.73. The largest absolute Gasteiger partial charge is 0.382 e. The van der Waals surface area contributed by atoms with Crippen LogP contribution in [0, 0.1) is 0 Å². The summed E-state index contributed by atoms with van der Waals surface area (Å²) in [5.74, 6) is 0. The first-order chi connectivity index (χ1) is 6.70. The fourth-order valence-electron chi connectivity index (χ4n) is 1.32. The van der Waals surface area contributed by atoms with E-state index in [2.05, 4.69) is 5.10 Å². The molecule has 0 spiro atoms. The Hall–Kier alpha value is -0.840. The number of hydrogen-bond acceptors (Lipinski definition) is 3. The molecule has 2 aromatic heterocycles. The lowest BCUT2D eigenvalue weighted by Gasteiger charge is -2.09. The third-order valence-corrected chi connectivity index (χ3v) is 3.05. The van der Waals surface area contributed by atoms with Gasteiger partial charge in [-0.15, -0.1) is 0 Å². The van der Waals surface area contributed by atoms with Crippen LogP contribution in [0.1, 0.15) is 17.4 Å². The smallest absolute Gasteiger partial charge is 0.123 e. The molecule has 0 aliphatic carbocycles. The Morgan fingerprint density at radius 2 is 2.43 bits per heavy atom. The van der Waals surface area contributed by atoms with Crippen molar-refractivity contribution in [3.63, 3.8) is 0 Å². The number of thiophene rings is 1. The zero-order valence-electron chi connectivity index (χ0n) is 7.51. The first kappa shape index (κ1) is 9.71. The van der Waals surface area contributed by atoms with Crippen molar-refractivity contribution in [1.29, 1.82) is 0 Å². The summed E-state index contributed by atoms with van der Waals surface area (Å²) >= 11 is 7.46. The number of halogens is 1. The minimum atomic E-state index is -0.693. The van der Waals surface area contributed by atoms with E-state index in [-0.39, 0.29) is 0 Å². The molecule has 0 amide bonds. The van der Waals surface area contributed by atoms with Crippen molar-refractivity contribution in [1.82, 2.24) is 9.78 Å². The number of aliphatic hydroxyl groups excluding tert-OH is 1. The summed E-state index contributed by atoms with van der Waals surface area (Å²) in [6.45, 7) is 0. The van der Waals surface area contributed by atoms with E-state index >= 15 is 0 Å². The molecule has 0 bridgehead atoms. The average molecular weight is 229 g/mol. The Labute approximate surface area is 90.6 Å². The van der Waals surface area contributed by atoms with Crippen molar-refractivity contribution < 1.29 is 5.11 Å². The maximum atomic E-state index is 9.99. The Bertz CT molecular complexity index is 404. The summed E-state index contributed by atoms with van der Waals surface area (Å²) in [5.41, 5.74) is 1.48. The molecule has 3 nitrogen and oxygen atoms in total. The molecule has 1 unspecified atom stereocenters. The van der Waals surface area contributed by atoms with Crippen LogP contribution in [0.2, 0.25) is 5.02 Å². The minimum absolute atomic E-state index is 0.492. The summed E-state index contributed by atoms with van der Waals surface area (Å²) < 4.78 is 1.59. The molecular formula is C9H9ClN2OS. The molecule has 2 rings (SSSR count). The molecule has 0 aromatic carbocycles. The third-order valence-electron chi connectivity index (χ3n) is 2.06. The van der Waals surface area contributed by atoms with Crippen LogP contribution in [0.15, 0.2) is 23.0 Å². The fourth-order valence-corrected chi connectivity index (χ4v) is 2.26. The summed E-state index contributed by atoms with van der Waals surface area (Å²) in [7, 11) is 1.76. The molecule has 0 aliphatic rings. The van der Waals surface area contributed by atoms with Gasteiger partial charge < -0.3 is 5.11 Å². The van der Waals surface area contributed by atoms with E-state index in [0.29, 0.717) is 10.7 Å². The van der Waals surface area contributed by atoms with Crippen LogP contribution in [0.4, 0.5) is 0 Å². The third kappa shape index (κ3) is 1.56. The van der Waals surface area contributed by atoms with Gasteiger partial charge in [0.05, 0.1) is 16.9 Å². The van der Waals surface area contributed by atoms with Crippen molar-refractivity contribution in [2.24, 2.45) is 7.05 Å². The monoisotopic (exact) mass is 228 g/mol. The quantitative estimate of drug-likeness (QED) is 0.856. The van der Waals surface area contributed by atoms with Crippen LogP contribution < -0.4 is 0 Å². The number of aromatic nitrogens is 2. The van der Waals surface area contributed by atoms with Crippen LogP contribution in [0.3, 0.4) is 0 Å². The molecule has 1 atom stereocenters. The standard InChI is InChI=1S/C9H9ClN2OS/c1-12-8(7(10)4-11-12)9(13)6-2-3-14-5-6/h2-5,9,13H,1H3. The normalized spacial score (nSPS) is 13.1. The summed E-state index contributed by atoms with van der Waals surface area (Å²) in [6, 6.07) is 1.87. The number of aliphatic hydroxyl groups is 1. The zero-order valence-corrected chi connectivity index (χ0v) is 9.09. The molecule has 2 aromatic rings. The molecule has 14 heavy (non-hydrogen) atoms. The minimum Gasteiger partial charge on any atom is -0.382 e. The number of hydrogen-bond donors (Lipinski definition) is 1. The second-order valence-corrected chi connectivity index (χ2v) is 4.15. The van der Waals surface area contributed by atoms with Crippen LogP contribution in [0.5, 0.6) is 0 Å². The average Bonchev–Trinajstić information content (AvgIpc) is 2.75. The highest BCUT2D eigenvalue weighted by Crippen LogP contribution is 2.28. The predicted molar refractivity (Wildman–Crippen MR) is 56.6 cm³/mol. The maximum Gasteiger partial charge on any atom is 0.123 e. The number of aryl methyl sites for hydroxylation is 1. The Morgan fingerprint density at radius 1 is 1.64 bits per heavy atom.